The van der Waals surface area contributed by atoms with Gasteiger partial charge in [-0.25, -0.2) is 8.78 Å². The van der Waals surface area contributed by atoms with E-state index in [0.29, 0.717) is 23.1 Å². The van der Waals surface area contributed by atoms with Gasteiger partial charge in [0, 0.05) is 18.2 Å². The Labute approximate surface area is 121 Å². The van der Waals surface area contributed by atoms with Crippen molar-refractivity contribution < 1.29 is 18.7 Å². The molecule has 3 nitrogen and oxygen atoms in total. The van der Waals surface area contributed by atoms with Crippen LogP contribution in [-0.2, 0) is 6.42 Å². The van der Waals surface area contributed by atoms with E-state index in [9.17, 15) is 18.7 Å². The van der Waals surface area contributed by atoms with Gasteiger partial charge in [0.2, 0.25) is 0 Å². The highest BCUT2D eigenvalue weighted by molar-refractivity contribution is 5.94. The number of phenols is 1. The number of hydrogen-bond donors (Lipinski definition) is 2. The summed E-state index contributed by atoms with van der Waals surface area (Å²) in [4.78, 5) is 11.9. The molecule has 0 fully saturated rings. The van der Waals surface area contributed by atoms with Crippen molar-refractivity contribution in [1.29, 1.82) is 0 Å². The molecular formula is C16H15F2NO2. The zero-order valence-corrected chi connectivity index (χ0v) is 11.5. The molecule has 0 aliphatic carbocycles. The molecule has 0 atom stereocenters. The van der Waals surface area contributed by atoms with Crippen molar-refractivity contribution in [2.24, 2.45) is 0 Å². The first-order valence-electron chi connectivity index (χ1n) is 6.48. The van der Waals surface area contributed by atoms with E-state index in [1.807, 2.05) is 0 Å². The predicted molar refractivity (Wildman–Crippen MR) is 75.2 cm³/mol. The minimum absolute atomic E-state index is 0.0508. The Morgan fingerprint density at radius 2 is 1.81 bits per heavy atom. The summed E-state index contributed by atoms with van der Waals surface area (Å²) in [6, 6.07) is 7.89. The summed E-state index contributed by atoms with van der Waals surface area (Å²) in [5.74, 6) is -1.57. The zero-order valence-electron chi connectivity index (χ0n) is 11.5. The minimum Gasteiger partial charge on any atom is -0.508 e. The summed E-state index contributed by atoms with van der Waals surface area (Å²) in [6.07, 6.45) is 0.318. The third-order valence-corrected chi connectivity index (χ3v) is 3.09. The third-order valence-electron chi connectivity index (χ3n) is 3.09. The molecule has 2 aromatic rings. The Morgan fingerprint density at radius 3 is 2.43 bits per heavy atom. The zero-order chi connectivity index (χ0) is 15.4. The van der Waals surface area contributed by atoms with Crippen LogP contribution in [0.25, 0.3) is 0 Å². The van der Waals surface area contributed by atoms with E-state index in [1.165, 1.54) is 18.2 Å². The number of halogens is 2. The second-order valence-electron chi connectivity index (χ2n) is 4.78. The molecule has 0 aliphatic rings. The summed E-state index contributed by atoms with van der Waals surface area (Å²) < 4.78 is 26.0. The van der Waals surface area contributed by atoms with E-state index < -0.39 is 11.6 Å². The number of aromatic hydroxyl groups is 1. The Kier molecular flexibility index (Phi) is 4.52. The van der Waals surface area contributed by atoms with Crippen LogP contribution in [-0.4, -0.2) is 17.6 Å². The van der Waals surface area contributed by atoms with Gasteiger partial charge in [-0.1, -0.05) is 6.07 Å². The molecule has 5 heteroatoms. The fourth-order valence-electron chi connectivity index (χ4n) is 1.93. The monoisotopic (exact) mass is 291 g/mol. The van der Waals surface area contributed by atoms with Crippen LogP contribution in [0.4, 0.5) is 8.78 Å². The van der Waals surface area contributed by atoms with Gasteiger partial charge in [0.05, 0.1) is 0 Å². The molecule has 0 spiro atoms. The van der Waals surface area contributed by atoms with E-state index in [-0.39, 0.29) is 18.2 Å². The third kappa shape index (κ3) is 4.02. The lowest BCUT2D eigenvalue weighted by molar-refractivity contribution is 0.0953. The van der Waals surface area contributed by atoms with Crippen LogP contribution in [0.1, 0.15) is 21.5 Å². The molecule has 21 heavy (non-hydrogen) atoms. The van der Waals surface area contributed by atoms with Crippen LogP contribution in [0.15, 0.2) is 36.4 Å². The van der Waals surface area contributed by atoms with Gasteiger partial charge in [0.1, 0.15) is 17.4 Å². The first-order chi connectivity index (χ1) is 9.95. The predicted octanol–water partition coefficient (Wildman–Crippen LogP) is 2.95. The molecule has 0 saturated carbocycles. The van der Waals surface area contributed by atoms with Gasteiger partial charge < -0.3 is 10.4 Å². The molecule has 0 aromatic heterocycles. The Balaban J connectivity index is 1.93. The highest BCUT2D eigenvalue weighted by Crippen LogP contribution is 2.17. The molecule has 0 bridgehead atoms. The van der Waals surface area contributed by atoms with Crippen molar-refractivity contribution in [2.75, 3.05) is 6.54 Å². The number of carbonyl (C=O) groups excluding carboxylic acids is 1. The first-order valence-corrected chi connectivity index (χ1v) is 6.48. The molecule has 0 saturated heterocycles. The van der Waals surface area contributed by atoms with Crippen molar-refractivity contribution in [3.8, 4) is 5.75 Å². The summed E-state index contributed by atoms with van der Waals surface area (Å²) in [6.45, 7) is 1.98. The summed E-state index contributed by atoms with van der Waals surface area (Å²) >= 11 is 0. The largest absolute Gasteiger partial charge is 0.508 e. The first kappa shape index (κ1) is 15.0. The summed E-state index contributed by atoms with van der Waals surface area (Å²) in [5.41, 5.74) is 1.49. The topological polar surface area (TPSA) is 49.3 Å². The van der Waals surface area contributed by atoms with Gasteiger partial charge in [-0.05, 0) is 48.7 Å². The lowest BCUT2D eigenvalue weighted by Gasteiger charge is -2.07. The van der Waals surface area contributed by atoms with E-state index in [2.05, 4.69) is 5.32 Å². The molecule has 0 unspecified atom stereocenters. The quantitative estimate of drug-likeness (QED) is 0.910. The van der Waals surface area contributed by atoms with Gasteiger partial charge in [0.15, 0.2) is 0 Å². The molecule has 2 aromatic carbocycles. The van der Waals surface area contributed by atoms with Crippen LogP contribution in [0.3, 0.4) is 0 Å². The van der Waals surface area contributed by atoms with Gasteiger partial charge in [0.25, 0.3) is 5.91 Å². The van der Waals surface area contributed by atoms with Gasteiger partial charge in [-0.15, -0.1) is 0 Å². The number of phenolic OH excluding ortho intramolecular Hbond substituents is 1. The maximum atomic E-state index is 13.0. The Hall–Kier alpha value is -2.43. The Bertz CT molecular complexity index is 651. The average Bonchev–Trinajstić information content (AvgIpc) is 2.40. The smallest absolute Gasteiger partial charge is 0.251 e. The summed E-state index contributed by atoms with van der Waals surface area (Å²) in [7, 11) is 0. The fourth-order valence-corrected chi connectivity index (χ4v) is 1.93. The molecule has 0 aliphatic heterocycles. The Morgan fingerprint density at radius 1 is 1.14 bits per heavy atom. The van der Waals surface area contributed by atoms with Gasteiger partial charge in [-0.3, -0.25) is 4.79 Å². The van der Waals surface area contributed by atoms with Gasteiger partial charge >= 0.3 is 0 Å². The maximum Gasteiger partial charge on any atom is 0.251 e. The number of benzene rings is 2. The standard InChI is InChI=1S/C16H15F2NO2/c1-10-2-3-12(8-15(10)20)16(21)19-5-4-11-6-13(17)9-14(18)7-11/h2-3,6-9,20H,4-5H2,1H3,(H,19,21). The van der Waals surface area contributed by atoms with Crippen molar-refractivity contribution in [3.05, 3.63) is 64.7 Å². The average molecular weight is 291 g/mol. The highest BCUT2D eigenvalue weighted by Gasteiger charge is 2.07. The van der Waals surface area contributed by atoms with Crippen molar-refractivity contribution in [2.45, 2.75) is 13.3 Å². The van der Waals surface area contributed by atoms with Crippen LogP contribution >= 0.6 is 0 Å². The maximum absolute atomic E-state index is 13.0. The second-order valence-corrected chi connectivity index (χ2v) is 4.78. The number of aryl methyl sites for hydroxylation is 1. The molecule has 0 radical (unpaired) electrons. The molecule has 0 heterocycles. The van der Waals surface area contributed by atoms with E-state index in [0.717, 1.165) is 6.07 Å². The molecule has 2 rings (SSSR count). The molecule has 1 amide bonds. The SMILES string of the molecule is Cc1ccc(C(=O)NCCc2cc(F)cc(F)c2)cc1O. The van der Waals surface area contributed by atoms with Crippen molar-refractivity contribution in [1.82, 2.24) is 5.32 Å². The molecule has 2 N–H and O–H groups in total. The number of amides is 1. The van der Waals surface area contributed by atoms with Crippen LogP contribution < -0.4 is 5.32 Å². The normalized spacial score (nSPS) is 10.4. The molecule has 110 valence electrons. The fraction of sp³-hybridized carbons (Fsp3) is 0.188. The second kappa shape index (κ2) is 6.35. The summed E-state index contributed by atoms with van der Waals surface area (Å²) in [5, 5.41) is 12.2. The van der Waals surface area contributed by atoms with E-state index >= 15 is 0 Å². The number of carbonyl (C=O) groups is 1. The van der Waals surface area contributed by atoms with Crippen LogP contribution in [0, 0.1) is 18.6 Å². The van der Waals surface area contributed by atoms with Crippen molar-refractivity contribution >= 4 is 5.91 Å². The highest BCUT2D eigenvalue weighted by atomic mass is 19.1. The number of hydrogen-bond acceptors (Lipinski definition) is 2. The molecular weight excluding hydrogens is 276 g/mol. The van der Waals surface area contributed by atoms with Crippen LogP contribution in [0.5, 0.6) is 5.75 Å². The lowest BCUT2D eigenvalue weighted by Crippen LogP contribution is -2.25. The number of rotatable bonds is 4. The minimum atomic E-state index is -0.639. The lowest BCUT2D eigenvalue weighted by atomic mass is 10.1. The van der Waals surface area contributed by atoms with E-state index in [1.54, 1.807) is 19.1 Å². The van der Waals surface area contributed by atoms with E-state index in [4.69, 9.17) is 0 Å². The van der Waals surface area contributed by atoms with Crippen molar-refractivity contribution in [3.63, 3.8) is 0 Å². The van der Waals surface area contributed by atoms with Crippen LogP contribution in [0.2, 0.25) is 0 Å². The van der Waals surface area contributed by atoms with Gasteiger partial charge in [-0.2, -0.15) is 0 Å². The number of nitrogens with one attached hydrogen (secondary N) is 1.